The van der Waals surface area contributed by atoms with Gasteiger partial charge in [-0.05, 0) is 63.1 Å². The van der Waals surface area contributed by atoms with E-state index in [0.717, 1.165) is 10.9 Å². The molecule has 0 radical (unpaired) electrons. The maximum absolute atomic E-state index is 12.4. The Morgan fingerprint density at radius 3 is 2.74 bits per heavy atom. The highest BCUT2D eigenvalue weighted by Crippen LogP contribution is 2.18. The van der Waals surface area contributed by atoms with Gasteiger partial charge >= 0.3 is 6.09 Å². The lowest BCUT2D eigenvalue weighted by Crippen LogP contribution is -2.27. The molecule has 0 aliphatic carbocycles. The summed E-state index contributed by atoms with van der Waals surface area (Å²) in [5, 5.41) is 7.97. The van der Waals surface area contributed by atoms with Crippen LogP contribution in [0.15, 0.2) is 72.0 Å². The van der Waals surface area contributed by atoms with Crippen molar-refractivity contribution >= 4 is 22.9 Å². The summed E-state index contributed by atoms with van der Waals surface area (Å²) >= 11 is 0. The molecule has 194 valence electrons. The van der Waals surface area contributed by atoms with Gasteiger partial charge in [0.05, 0.1) is 11.7 Å². The van der Waals surface area contributed by atoms with Gasteiger partial charge in [0.25, 0.3) is 5.56 Å². The van der Waals surface area contributed by atoms with Crippen LogP contribution in [0.25, 0.3) is 22.4 Å². The number of nitrogens with zero attached hydrogens (tertiary/aromatic N) is 6. The zero-order chi connectivity index (χ0) is 27.4. The number of nitrogens with one attached hydrogen (secondary N) is 2. The van der Waals surface area contributed by atoms with E-state index >= 15 is 0 Å². The van der Waals surface area contributed by atoms with Crippen molar-refractivity contribution < 1.29 is 9.53 Å². The third kappa shape index (κ3) is 6.14. The molecular weight excluding hydrogens is 496 g/mol. The molecule has 0 atom stereocenters. The van der Waals surface area contributed by atoms with Crippen molar-refractivity contribution in [1.29, 1.82) is 0 Å². The lowest BCUT2D eigenvalue weighted by molar-refractivity contribution is 0.0522. The van der Waals surface area contributed by atoms with Crippen LogP contribution in [0.1, 0.15) is 37.6 Å². The topological polar surface area (TPSA) is 141 Å². The number of hydrogen-bond acceptors (Lipinski definition) is 9. The predicted molar refractivity (Wildman–Crippen MR) is 145 cm³/mol. The highest BCUT2D eigenvalue weighted by Gasteiger charge is 2.20. The summed E-state index contributed by atoms with van der Waals surface area (Å²) in [7, 11) is 0. The maximum atomic E-state index is 12.4. The Labute approximate surface area is 223 Å². The van der Waals surface area contributed by atoms with Crippen LogP contribution in [0.3, 0.4) is 0 Å². The Bertz CT molecular complexity index is 1790. The first-order valence-corrected chi connectivity index (χ1v) is 12.1. The van der Waals surface area contributed by atoms with Gasteiger partial charge < -0.3 is 15.0 Å². The molecule has 11 nitrogen and oxygen atoms in total. The van der Waals surface area contributed by atoms with Crippen LogP contribution in [0.4, 0.5) is 10.7 Å². The molecule has 4 heterocycles. The largest absolute Gasteiger partial charge is 0.442 e. The smallest absolute Gasteiger partial charge is 0.435 e. The van der Waals surface area contributed by atoms with Crippen LogP contribution in [0, 0.1) is 11.8 Å². The fraction of sp³-hybridized carbons (Fsp3) is 0.179. The Morgan fingerprint density at radius 1 is 1.08 bits per heavy atom. The standard InChI is InChI=1S/C28H24N8O3/c1-28(2,3)39-27(38)36-23-9-7-18(15-20(23)17-33-36)6-8-21-10-13-29-24(34-21)22-11-14-31-26(35-22)32-16-19-5-4-12-30-25(19)37/h4-5,7,9-15,17H,16H2,1-3H3,(H,30,37)(H,31,32,35). The molecule has 11 heteroatoms. The van der Waals surface area contributed by atoms with Crippen molar-refractivity contribution in [3.8, 4) is 23.4 Å². The lowest BCUT2D eigenvalue weighted by atomic mass is 10.1. The number of carbonyl (C=O) groups is 1. The summed E-state index contributed by atoms with van der Waals surface area (Å²) < 4.78 is 6.65. The first kappa shape index (κ1) is 25.3. The molecule has 0 bridgehead atoms. The number of ether oxygens (including phenoxy) is 1. The van der Waals surface area contributed by atoms with E-state index in [2.05, 4.69) is 47.2 Å². The molecule has 0 fully saturated rings. The zero-order valence-electron chi connectivity index (χ0n) is 21.5. The molecule has 2 N–H and O–H groups in total. The first-order chi connectivity index (χ1) is 18.7. The van der Waals surface area contributed by atoms with Gasteiger partial charge in [-0.2, -0.15) is 9.78 Å². The highest BCUT2D eigenvalue weighted by atomic mass is 16.6. The van der Waals surface area contributed by atoms with Crippen molar-refractivity contribution in [2.45, 2.75) is 32.9 Å². The molecule has 0 spiro atoms. The van der Waals surface area contributed by atoms with Crippen molar-refractivity contribution in [2.75, 3.05) is 5.32 Å². The third-order valence-corrected chi connectivity index (χ3v) is 5.35. The maximum Gasteiger partial charge on any atom is 0.435 e. The quantitative estimate of drug-likeness (QED) is 0.339. The molecular formula is C28H24N8O3. The summed E-state index contributed by atoms with van der Waals surface area (Å²) in [6, 6.07) is 12.3. The second kappa shape index (κ2) is 10.5. The fourth-order valence-electron chi connectivity index (χ4n) is 3.59. The Morgan fingerprint density at radius 2 is 1.92 bits per heavy atom. The van der Waals surface area contributed by atoms with Crippen molar-refractivity contribution in [1.82, 2.24) is 34.7 Å². The number of aromatic nitrogens is 7. The Balaban J connectivity index is 1.33. The van der Waals surface area contributed by atoms with Gasteiger partial charge in [0.15, 0.2) is 5.82 Å². The summed E-state index contributed by atoms with van der Waals surface area (Å²) in [6.45, 7) is 5.68. The van der Waals surface area contributed by atoms with Crippen LogP contribution in [0.2, 0.25) is 0 Å². The normalized spacial score (nSPS) is 11.1. The van der Waals surface area contributed by atoms with Gasteiger partial charge in [-0.1, -0.05) is 12.0 Å². The van der Waals surface area contributed by atoms with Gasteiger partial charge in [0.1, 0.15) is 17.0 Å². The number of pyridine rings is 1. The van der Waals surface area contributed by atoms with Gasteiger partial charge in [0.2, 0.25) is 5.95 Å². The van der Waals surface area contributed by atoms with Crippen molar-refractivity contribution in [3.05, 3.63) is 94.4 Å². The number of H-pyrrole nitrogens is 1. The van der Waals surface area contributed by atoms with Crippen molar-refractivity contribution in [3.63, 3.8) is 0 Å². The molecule has 0 saturated heterocycles. The lowest BCUT2D eigenvalue weighted by Gasteiger charge is -2.19. The predicted octanol–water partition coefficient (Wildman–Crippen LogP) is 3.77. The van der Waals surface area contributed by atoms with E-state index in [4.69, 9.17) is 4.74 Å². The molecule has 5 aromatic rings. The average Bonchev–Trinajstić information content (AvgIpc) is 3.34. The van der Waals surface area contributed by atoms with E-state index in [0.29, 0.717) is 34.2 Å². The minimum absolute atomic E-state index is 0.174. The van der Waals surface area contributed by atoms with E-state index < -0.39 is 11.7 Å². The highest BCUT2D eigenvalue weighted by molar-refractivity contribution is 5.88. The summed E-state index contributed by atoms with van der Waals surface area (Å²) in [6.07, 6.45) is 5.84. The molecule has 39 heavy (non-hydrogen) atoms. The minimum atomic E-state index is -0.621. The minimum Gasteiger partial charge on any atom is -0.442 e. The number of fused-ring (bicyclic) bond motifs is 1. The number of hydrogen-bond donors (Lipinski definition) is 2. The number of benzene rings is 1. The van der Waals surface area contributed by atoms with Crippen LogP contribution in [-0.4, -0.2) is 46.4 Å². The van der Waals surface area contributed by atoms with Crippen LogP contribution in [0.5, 0.6) is 0 Å². The van der Waals surface area contributed by atoms with Crippen LogP contribution < -0.4 is 10.9 Å². The third-order valence-electron chi connectivity index (χ3n) is 5.35. The monoisotopic (exact) mass is 520 g/mol. The fourth-order valence-corrected chi connectivity index (χ4v) is 3.59. The van der Waals surface area contributed by atoms with Gasteiger partial charge in [-0.3, -0.25) is 4.79 Å². The summed E-state index contributed by atoms with van der Waals surface area (Å²) in [5.74, 6) is 6.87. The zero-order valence-corrected chi connectivity index (χ0v) is 21.5. The average molecular weight is 521 g/mol. The number of carbonyl (C=O) groups excluding carboxylic acids is 1. The summed E-state index contributed by atoms with van der Waals surface area (Å²) in [4.78, 5) is 44.4. The Kier molecular flexibility index (Phi) is 6.84. The van der Waals surface area contributed by atoms with Crippen LogP contribution >= 0.6 is 0 Å². The molecule has 0 aliphatic rings. The second-order valence-corrected chi connectivity index (χ2v) is 9.47. The molecule has 4 aromatic heterocycles. The van der Waals surface area contributed by atoms with Gasteiger partial charge in [0, 0.05) is 41.6 Å². The molecule has 1 aromatic carbocycles. The van der Waals surface area contributed by atoms with Gasteiger partial charge in [-0.25, -0.2) is 24.7 Å². The second-order valence-electron chi connectivity index (χ2n) is 9.47. The molecule has 0 aliphatic heterocycles. The van der Waals surface area contributed by atoms with Crippen LogP contribution in [-0.2, 0) is 11.3 Å². The van der Waals surface area contributed by atoms with E-state index in [1.165, 1.54) is 4.68 Å². The van der Waals surface area contributed by atoms with Gasteiger partial charge in [-0.15, -0.1) is 0 Å². The van der Waals surface area contributed by atoms with E-state index in [-0.39, 0.29) is 12.1 Å². The molecule has 0 saturated carbocycles. The van der Waals surface area contributed by atoms with Crippen molar-refractivity contribution in [2.24, 2.45) is 0 Å². The SMILES string of the molecule is CC(C)(C)OC(=O)n1ncc2cc(C#Cc3ccnc(-c4ccnc(NCc5ccc[nH]c5=O)n4)n3)ccc21. The van der Waals surface area contributed by atoms with E-state index in [1.807, 2.05) is 6.07 Å². The molecule has 0 unspecified atom stereocenters. The van der Waals surface area contributed by atoms with E-state index in [1.54, 1.807) is 82.0 Å². The first-order valence-electron chi connectivity index (χ1n) is 12.1. The molecule has 0 amide bonds. The number of aromatic amines is 1. The number of rotatable bonds is 4. The summed E-state index contributed by atoms with van der Waals surface area (Å²) in [5.41, 5.74) is 2.15. The molecule has 5 rings (SSSR count). The number of anilines is 1. The van der Waals surface area contributed by atoms with E-state index in [9.17, 15) is 9.59 Å². The Hall–Kier alpha value is -5.37.